The zero-order valence-electron chi connectivity index (χ0n) is 29.1. The maximum Gasteiger partial charge on any atom is 0.160 e. The minimum absolute atomic E-state index is 0.702. The topological polar surface area (TPSA) is 64.5 Å². The largest absolute Gasteiger partial charge is 0.256 e. The van der Waals surface area contributed by atoms with Gasteiger partial charge in [0.25, 0.3) is 0 Å². The number of aromatic nitrogens is 5. The number of hydrogen-bond acceptors (Lipinski definition) is 5. The molecule has 0 aliphatic heterocycles. The molecule has 54 heavy (non-hydrogen) atoms. The van der Waals surface area contributed by atoms with Crippen LogP contribution in [0.3, 0.4) is 0 Å². The van der Waals surface area contributed by atoms with Crippen molar-refractivity contribution in [3.63, 3.8) is 0 Å². The molecule has 6 aromatic carbocycles. The molecule has 0 saturated carbocycles. The summed E-state index contributed by atoms with van der Waals surface area (Å²) in [5, 5.41) is 3.28. The van der Waals surface area contributed by atoms with Crippen LogP contribution < -0.4 is 0 Å². The highest BCUT2D eigenvalue weighted by Gasteiger charge is 2.13. The molecule has 0 radical (unpaired) electrons. The van der Waals surface area contributed by atoms with Gasteiger partial charge in [0.05, 0.1) is 39.3 Å². The lowest BCUT2D eigenvalue weighted by Crippen LogP contribution is -1.96. The number of benzene rings is 6. The second-order valence-corrected chi connectivity index (χ2v) is 13.4. The van der Waals surface area contributed by atoms with Crippen molar-refractivity contribution < 1.29 is 0 Å². The number of pyridine rings is 3. The van der Waals surface area contributed by atoms with Crippen molar-refractivity contribution in [2.75, 3.05) is 0 Å². The fraction of sp³-hybridized carbons (Fsp3) is 0. The van der Waals surface area contributed by atoms with E-state index in [-0.39, 0.29) is 0 Å². The van der Waals surface area contributed by atoms with Crippen LogP contribution in [0.4, 0.5) is 0 Å². The molecule has 5 heteroatoms. The van der Waals surface area contributed by atoms with Crippen LogP contribution in [0.2, 0.25) is 0 Å². The summed E-state index contributed by atoms with van der Waals surface area (Å²) in [5.74, 6) is 0.702. The summed E-state index contributed by atoms with van der Waals surface area (Å²) in [6.45, 7) is 0. The molecule has 252 valence electrons. The van der Waals surface area contributed by atoms with Gasteiger partial charge in [0.15, 0.2) is 5.82 Å². The van der Waals surface area contributed by atoms with E-state index in [2.05, 4.69) is 132 Å². The average Bonchev–Trinajstić information content (AvgIpc) is 3.26. The number of fused-ring (bicyclic) bond motifs is 3. The van der Waals surface area contributed by atoms with Crippen molar-refractivity contribution in [1.82, 2.24) is 24.9 Å². The molecule has 0 fully saturated rings. The van der Waals surface area contributed by atoms with Crippen LogP contribution in [0, 0.1) is 0 Å². The van der Waals surface area contributed by atoms with Gasteiger partial charge in [-0.2, -0.15) is 0 Å². The van der Waals surface area contributed by atoms with E-state index in [0.29, 0.717) is 5.82 Å². The maximum atomic E-state index is 5.14. The van der Waals surface area contributed by atoms with E-state index in [9.17, 15) is 0 Å². The molecular formula is C49H31N5. The zero-order chi connectivity index (χ0) is 35.8. The fourth-order valence-corrected chi connectivity index (χ4v) is 7.10. The Balaban J connectivity index is 0.974. The molecule has 0 aliphatic carbocycles. The third kappa shape index (κ3) is 5.94. The number of hydrogen-bond donors (Lipinski definition) is 0. The van der Waals surface area contributed by atoms with Crippen LogP contribution in [0.1, 0.15) is 0 Å². The van der Waals surface area contributed by atoms with E-state index >= 15 is 0 Å². The maximum absolute atomic E-state index is 5.14. The highest BCUT2D eigenvalue weighted by atomic mass is 14.9. The lowest BCUT2D eigenvalue weighted by Gasteiger charge is -2.10. The summed E-state index contributed by atoms with van der Waals surface area (Å²) in [7, 11) is 0. The van der Waals surface area contributed by atoms with Gasteiger partial charge in [-0.05, 0) is 47.5 Å². The minimum atomic E-state index is 0.702. The lowest BCUT2D eigenvalue weighted by molar-refractivity contribution is 1.18. The summed E-state index contributed by atoms with van der Waals surface area (Å²) in [5.41, 5.74) is 13.7. The van der Waals surface area contributed by atoms with Gasteiger partial charge >= 0.3 is 0 Å². The summed E-state index contributed by atoms with van der Waals surface area (Å²) < 4.78 is 0. The van der Waals surface area contributed by atoms with Gasteiger partial charge in [-0.15, -0.1) is 0 Å². The Hall–Kier alpha value is -7.37. The predicted octanol–water partition coefficient (Wildman–Crippen LogP) is 12.1. The third-order valence-electron chi connectivity index (χ3n) is 9.93. The summed E-state index contributed by atoms with van der Waals surface area (Å²) in [6.07, 6.45) is 1.84. The van der Waals surface area contributed by atoms with Gasteiger partial charge in [0.2, 0.25) is 0 Å². The van der Waals surface area contributed by atoms with Crippen molar-refractivity contribution in [3.05, 3.63) is 188 Å². The molecular weight excluding hydrogens is 659 g/mol. The summed E-state index contributed by atoms with van der Waals surface area (Å²) in [6, 6.07) is 62.6. The molecule has 0 amide bonds. The lowest BCUT2D eigenvalue weighted by atomic mass is 10.00. The molecule has 0 aliphatic rings. The minimum Gasteiger partial charge on any atom is -0.256 e. The van der Waals surface area contributed by atoms with Crippen molar-refractivity contribution in [2.45, 2.75) is 0 Å². The van der Waals surface area contributed by atoms with E-state index in [1.807, 2.05) is 60.8 Å². The second-order valence-electron chi connectivity index (χ2n) is 13.4. The van der Waals surface area contributed by atoms with Crippen LogP contribution in [-0.4, -0.2) is 24.9 Å². The predicted molar refractivity (Wildman–Crippen MR) is 221 cm³/mol. The van der Waals surface area contributed by atoms with Crippen LogP contribution in [0.25, 0.3) is 100 Å². The molecule has 4 aromatic heterocycles. The Morgan fingerprint density at radius 3 is 1.48 bits per heavy atom. The fourth-order valence-electron chi connectivity index (χ4n) is 7.10. The SMILES string of the molecule is c1ccc(-c2cc(-c3ccc(-c4ccc5ccc(-c6ccc7ccc(-c8cccc9cccnc89)nc7c6)cc5n4)cc3)nc(-c3ccccc3)n2)cc1. The first-order valence-electron chi connectivity index (χ1n) is 18.0. The Kier molecular flexibility index (Phi) is 7.73. The molecule has 10 rings (SSSR count). The van der Waals surface area contributed by atoms with Gasteiger partial charge in [-0.3, -0.25) is 4.98 Å². The van der Waals surface area contributed by atoms with Gasteiger partial charge in [-0.25, -0.2) is 19.9 Å². The number of nitrogens with zero attached hydrogens (tertiary/aromatic N) is 5. The van der Waals surface area contributed by atoms with Crippen molar-refractivity contribution in [3.8, 4) is 67.5 Å². The average molecular weight is 690 g/mol. The molecule has 0 unspecified atom stereocenters. The second kappa shape index (κ2) is 13.3. The molecule has 5 nitrogen and oxygen atoms in total. The van der Waals surface area contributed by atoms with E-state index in [4.69, 9.17) is 19.9 Å². The smallest absolute Gasteiger partial charge is 0.160 e. The van der Waals surface area contributed by atoms with Crippen molar-refractivity contribution in [2.24, 2.45) is 0 Å². The molecule has 0 saturated heterocycles. The van der Waals surface area contributed by atoms with Crippen LogP contribution in [0.15, 0.2) is 188 Å². The summed E-state index contributed by atoms with van der Waals surface area (Å²) >= 11 is 0. The number of rotatable bonds is 6. The highest BCUT2D eigenvalue weighted by molar-refractivity contribution is 5.95. The Labute approximate surface area is 312 Å². The van der Waals surface area contributed by atoms with Crippen molar-refractivity contribution in [1.29, 1.82) is 0 Å². The molecule has 10 aromatic rings. The van der Waals surface area contributed by atoms with Crippen LogP contribution in [0.5, 0.6) is 0 Å². The monoisotopic (exact) mass is 689 g/mol. The molecule has 0 spiro atoms. The molecule has 0 bridgehead atoms. The number of para-hydroxylation sites is 1. The van der Waals surface area contributed by atoms with Gasteiger partial charge in [-0.1, -0.05) is 146 Å². The quantitative estimate of drug-likeness (QED) is 0.174. The Bertz CT molecular complexity index is 2920. The van der Waals surface area contributed by atoms with E-state index in [1.54, 1.807) is 0 Å². The molecule has 0 N–H and O–H groups in total. The summed E-state index contributed by atoms with van der Waals surface area (Å²) in [4.78, 5) is 24.8. The van der Waals surface area contributed by atoms with Gasteiger partial charge < -0.3 is 0 Å². The van der Waals surface area contributed by atoms with Crippen LogP contribution in [-0.2, 0) is 0 Å². The van der Waals surface area contributed by atoms with Gasteiger partial charge in [0.1, 0.15) is 0 Å². The molecule has 4 heterocycles. The Morgan fingerprint density at radius 1 is 0.296 bits per heavy atom. The van der Waals surface area contributed by atoms with E-state index in [0.717, 1.165) is 94.4 Å². The zero-order valence-corrected chi connectivity index (χ0v) is 29.1. The first kappa shape index (κ1) is 31.4. The van der Waals surface area contributed by atoms with E-state index in [1.165, 1.54) is 0 Å². The van der Waals surface area contributed by atoms with Crippen LogP contribution >= 0.6 is 0 Å². The highest BCUT2D eigenvalue weighted by Crippen LogP contribution is 2.33. The third-order valence-corrected chi connectivity index (χ3v) is 9.93. The molecule has 0 atom stereocenters. The van der Waals surface area contributed by atoms with Gasteiger partial charge in [0, 0.05) is 50.2 Å². The Morgan fingerprint density at radius 2 is 0.815 bits per heavy atom. The van der Waals surface area contributed by atoms with Crippen molar-refractivity contribution >= 4 is 32.7 Å². The standard InChI is InChI=1S/C49H31N5/c1-3-9-32(10-4-1)46-31-47(54-49(53-46)38-11-5-2-6-12-38)34-18-16-33(17-19-34)42-26-24-35-20-22-39(29-44(35)51-42)40-23-21-36-25-27-43(52-45(36)30-40)41-15-7-13-37-14-8-28-50-48(37)41/h1-31H. The first-order valence-corrected chi connectivity index (χ1v) is 18.0. The normalized spacial score (nSPS) is 11.3. The first-order chi connectivity index (χ1) is 26.7. The van der Waals surface area contributed by atoms with E-state index < -0.39 is 0 Å².